The predicted octanol–water partition coefficient (Wildman–Crippen LogP) is 13.1. The summed E-state index contributed by atoms with van der Waals surface area (Å²) in [6, 6.07) is 60.2. The monoisotopic (exact) mass is 672 g/mol. The van der Waals surface area contributed by atoms with Crippen molar-refractivity contribution in [2.24, 2.45) is 0 Å². The van der Waals surface area contributed by atoms with Crippen LogP contribution in [-0.4, -0.2) is 9.97 Å². The SMILES string of the molecule is Cc1ccc(N(c2ccc(C)cc2)c2ccc(-c3nc4ccccc4nc3-c3ccc(N(c4ccc(C)cc4)c4ccc(C)cc4)cc3)cc2)cc1. The van der Waals surface area contributed by atoms with Gasteiger partial charge in [0.15, 0.2) is 0 Å². The molecule has 4 heteroatoms. The van der Waals surface area contributed by atoms with E-state index in [2.05, 4.69) is 183 Å². The van der Waals surface area contributed by atoms with Crippen molar-refractivity contribution < 1.29 is 0 Å². The van der Waals surface area contributed by atoms with E-state index in [0.717, 1.165) is 67.7 Å². The van der Waals surface area contributed by atoms with Crippen LogP contribution in [0.25, 0.3) is 33.5 Å². The standard InChI is InChI=1S/C48H40N4/c1-33-9-21-39(22-10-33)51(40-23-11-34(2)12-24-40)43-29-17-37(18-30-43)47-48(50-46-8-6-5-7-45(46)49-47)38-19-31-44(32-20-38)52(41-25-13-35(3)14-26-41)42-27-15-36(4)16-28-42/h5-32H,1-4H3. The highest BCUT2D eigenvalue weighted by Gasteiger charge is 2.18. The molecule has 0 atom stereocenters. The van der Waals surface area contributed by atoms with E-state index in [1.165, 1.54) is 22.3 Å². The maximum absolute atomic E-state index is 5.21. The van der Waals surface area contributed by atoms with Crippen LogP contribution in [0.2, 0.25) is 0 Å². The molecule has 52 heavy (non-hydrogen) atoms. The zero-order chi connectivity index (χ0) is 35.6. The lowest BCUT2D eigenvalue weighted by Crippen LogP contribution is -2.10. The molecule has 0 radical (unpaired) electrons. The largest absolute Gasteiger partial charge is 0.311 e. The Labute approximate surface area is 306 Å². The maximum Gasteiger partial charge on any atom is 0.0973 e. The fourth-order valence-corrected chi connectivity index (χ4v) is 6.61. The van der Waals surface area contributed by atoms with Gasteiger partial charge in [-0.05, 0) is 113 Å². The zero-order valence-corrected chi connectivity index (χ0v) is 30.0. The van der Waals surface area contributed by atoms with Crippen molar-refractivity contribution in [3.05, 3.63) is 192 Å². The molecular weight excluding hydrogens is 633 g/mol. The Balaban J connectivity index is 1.20. The van der Waals surface area contributed by atoms with Crippen LogP contribution in [0.3, 0.4) is 0 Å². The number of para-hydroxylation sites is 2. The third kappa shape index (κ3) is 6.67. The average Bonchev–Trinajstić information content (AvgIpc) is 3.18. The first-order valence-electron chi connectivity index (χ1n) is 17.7. The minimum Gasteiger partial charge on any atom is -0.311 e. The molecule has 0 aliphatic heterocycles. The van der Waals surface area contributed by atoms with Crippen molar-refractivity contribution in [2.75, 3.05) is 9.80 Å². The van der Waals surface area contributed by atoms with Crippen molar-refractivity contribution in [2.45, 2.75) is 27.7 Å². The topological polar surface area (TPSA) is 32.3 Å². The van der Waals surface area contributed by atoms with E-state index in [1.54, 1.807) is 0 Å². The molecule has 1 aromatic heterocycles. The first kappa shape index (κ1) is 32.7. The summed E-state index contributed by atoms with van der Waals surface area (Å²) < 4.78 is 0. The minimum atomic E-state index is 0.851. The molecule has 7 aromatic carbocycles. The summed E-state index contributed by atoms with van der Waals surface area (Å²) in [6.07, 6.45) is 0. The van der Waals surface area contributed by atoms with Gasteiger partial charge in [-0.3, -0.25) is 0 Å². The van der Waals surface area contributed by atoms with Crippen molar-refractivity contribution in [3.8, 4) is 22.5 Å². The smallest absolute Gasteiger partial charge is 0.0973 e. The number of anilines is 6. The fourth-order valence-electron chi connectivity index (χ4n) is 6.61. The maximum atomic E-state index is 5.21. The van der Waals surface area contributed by atoms with Gasteiger partial charge in [-0.15, -0.1) is 0 Å². The molecular formula is C48H40N4. The molecule has 0 aliphatic rings. The lowest BCUT2D eigenvalue weighted by Gasteiger charge is -2.26. The van der Waals surface area contributed by atoms with Crippen LogP contribution in [0, 0.1) is 27.7 Å². The van der Waals surface area contributed by atoms with Crippen LogP contribution in [0.4, 0.5) is 34.1 Å². The molecule has 4 nitrogen and oxygen atoms in total. The van der Waals surface area contributed by atoms with E-state index in [9.17, 15) is 0 Å². The first-order valence-corrected chi connectivity index (χ1v) is 17.7. The van der Waals surface area contributed by atoms with Gasteiger partial charge >= 0.3 is 0 Å². The number of nitrogens with zero attached hydrogens (tertiary/aromatic N) is 4. The number of hydrogen-bond acceptors (Lipinski definition) is 4. The summed E-state index contributed by atoms with van der Waals surface area (Å²) in [6.45, 7) is 8.48. The van der Waals surface area contributed by atoms with E-state index in [0.29, 0.717) is 0 Å². The normalized spacial score (nSPS) is 11.1. The molecule has 8 rings (SSSR count). The number of hydrogen-bond donors (Lipinski definition) is 0. The molecule has 0 unspecified atom stereocenters. The number of aromatic nitrogens is 2. The zero-order valence-electron chi connectivity index (χ0n) is 30.0. The lowest BCUT2D eigenvalue weighted by atomic mass is 10.0. The van der Waals surface area contributed by atoms with E-state index < -0.39 is 0 Å². The molecule has 0 N–H and O–H groups in total. The Kier molecular flexibility index (Phi) is 8.80. The van der Waals surface area contributed by atoms with Crippen LogP contribution in [0.15, 0.2) is 170 Å². The van der Waals surface area contributed by atoms with Gasteiger partial charge in [-0.25, -0.2) is 9.97 Å². The van der Waals surface area contributed by atoms with Crippen LogP contribution >= 0.6 is 0 Å². The highest BCUT2D eigenvalue weighted by Crippen LogP contribution is 2.39. The lowest BCUT2D eigenvalue weighted by molar-refractivity contribution is 1.26. The second-order valence-electron chi connectivity index (χ2n) is 13.5. The molecule has 8 aromatic rings. The number of benzene rings is 7. The summed E-state index contributed by atoms with van der Waals surface area (Å²) in [5.74, 6) is 0. The summed E-state index contributed by atoms with van der Waals surface area (Å²) >= 11 is 0. The summed E-state index contributed by atoms with van der Waals surface area (Å²) in [5, 5.41) is 0. The van der Waals surface area contributed by atoms with Crippen molar-refractivity contribution in [3.63, 3.8) is 0 Å². The molecule has 0 spiro atoms. The molecule has 0 amide bonds. The molecule has 1 heterocycles. The van der Waals surface area contributed by atoms with Gasteiger partial charge in [0.25, 0.3) is 0 Å². The number of aryl methyl sites for hydroxylation is 4. The second kappa shape index (κ2) is 14.0. The molecule has 0 fully saturated rings. The van der Waals surface area contributed by atoms with Crippen LogP contribution in [0.5, 0.6) is 0 Å². The Hall–Kier alpha value is -6.52. The highest BCUT2D eigenvalue weighted by molar-refractivity contribution is 5.88. The Morgan fingerprint density at radius 1 is 0.288 bits per heavy atom. The number of rotatable bonds is 8. The van der Waals surface area contributed by atoms with Gasteiger partial charge in [0.1, 0.15) is 0 Å². The van der Waals surface area contributed by atoms with Gasteiger partial charge in [0.05, 0.1) is 22.4 Å². The molecule has 0 saturated heterocycles. The quantitative estimate of drug-likeness (QED) is 0.161. The van der Waals surface area contributed by atoms with Crippen molar-refractivity contribution in [1.82, 2.24) is 9.97 Å². The second-order valence-corrected chi connectivity index (χ2v) is 13.5. The van der Waals surface area contributed by atoms with Gasteiger partial charge < -0.3 is 9.80 Å². The average molecular weight is 673 g/mol. The van der Waals surface area contributed by atoms with Gasteiger partial charge in [0.2, 0.25) is 0 Å². The van der Waals surface area contributed by atoms with Gasteiger partial charge in [-0.2, -0.15) is 0 Å². The van der Waals surface area contributed by atoms with Crippen molar-refractivity contribution in [1.29, 1.82) is 0 Å². The van der Waals surface area contributed by atoms with Crippen LogP contribution < -0.4 is 9.80 Å². The Morgan fingerprint density at radius 2 is 0.519 bits per heavy atom. The molecule has 0 bridgehead atoms. The van der Waals surface area contributed by atoms with Crippen LogP contribution in [0.1, 0.15) is 22.3 Å². The predicted molar refractivity (Wildman–Crippen MR) is 219 cm³/mol. The van der Waals surface area contributed by atoms with E-state index in [4.69, 9.17) is 9.97 Å². The molecule has 0 aliphatic carbocycles. The van der Waals surface area contributed by atoms with Gasteiger partial charge in [0, 0.05) is 45.3 Å². The van der Waals surface area contributed by atoms with Crippen molar-refractivity contribution >= 4 is 45.2 Å². The Morgan fingerprint density at radius 3 is 0.769 bits per heavy atom. The number of fused-ring (bicyclic) bond motifs is 1. The van der Waals surface area contributed by atoms with Crippen LogP contribution in [-0.2, 0) is 0 Å². The fraction of sp³-hybridized carbons (Fsp3) is 0.0833. The molecule has 252 valence electrons. The van der Waals surface area contributed by atoms with Gasteiger partial charge in [-0.1, -0.05) is 107 Å². The summed E-state index contributed by atoms with van der Waals surface area (Å²) in [5.41, 5.74) is 17.0. The summed E-state index contributed by atoms with van der Waals surface area (Å²) in [7, 11) is 0. The molecule has 0 saturated carbocycles. The minimum absolute atomic E-state index is 0.851. The summed E-state index contributed by atoms with van der Waals surface area (Å²) in [4.78, 5) is 15.0. The first-order chi connectivity index (χ1) is 25.4. The van der Waals surface area contributed by atoms with E-state index in [-0.39, 0.29) is 0 Å². The van der Waals surface area contributed by atoms with E-state index in [1.807, 2.05) is 24.3 Å². The Bertz CT molecular complexity index is 2180. The highest BCUT2D eigenvalue weighted by atomic mass is 15.1. The third-order valence-electron chi connectivity index (χ3n) is 9.54. The van der Waals surface area contributed by atoms with E-state index >= 15 is 0 Å². The third-order valence-corrected chi connectivity index (χ3v) is 9.54.